The van der Waals surface area contributed by atoms with Crippen LogP contribution in [0.5, 0.6) is 0 Å². The molecular formula is C11H23N3O. The molecule has 88 valence electrons. The highest BCUT2D eigenvalue weighted by atomic mass is 16.1. The molecule has 1 rings (SSSR count). The van der Waals surface area contributed by atoms with Crippen LogP contribution in [0.15, 0.2) is 0 Å². The largest absolute Gasteiger partial charge is 0.359 e. The Hall–Kier alpha value is -0.610. The molecule has 0 spiro atoms. The van der Waals surface area contributed by atoms with Crippen molar-refractivity contribution >= 4 is 5.91 Å². The Morgan fingerprint density at radius 1 is 1.60 bits per heavy atom. The maximum atomic E-state index is 11.1. The summed E-state index contributed by atoms with van der Waals surface area (Å²) in [6, 6.07) is 0.353. The molecule has 1 saturated heterocycles. The summed E-state index contributed by atoms with van der Waals surface area (Å²) in [5, 5.41) is 2.65. The van der Waals surface area contributed by atoms with Crippen LogP contribution in [0.25, 0.3) is 0 Å². The molecule has 1 aliphatic heterocycles. The number of likely N-dealkylation sites (tertiary alicyclic amines) is 1. The average molecular weight is 213 g/mol. The van der Waals surface area contributed by atoms with E-state index in [4.69, 9.17) is 5.73 Å². The van der Waals surface area contributed by atoms with Crippen LogP contribution < -0.4 is 11.1 Å². The summed E-state index contributed by atoms with van der Waals surface area (Å²) < 4.78 is 0. The molecule has 1 amide bonds. The van der Waals surface area contributed by atoms with E-state index in [1.807, 2.05) is 0 Å². The molecule has 2 atom stereocenters. The fourth-order valence-corrected chi connectivity index (χ4v) is 2.15. The molecule has 4 nitrogen and oxygen atoms in total. The van der Waals surface area contributed by atoms with Gasteiger partial charge in [0.15, 0.2) is 0 Å². The van der Waals surface area contributed by atoms with Crippen LogP contribution >= 0.6 is 0 Å². The number of rotatable bonds is 4. The third-order valence-corrected chi connectivity index (χ3v) is 3.34. The number of amides is 1. The predicted molar refractivity (Wildman–Crippen MR) is 61.5 cm³/mol. The SMILES string of the molecule is CCC1CN(CCC(=O)NC)CCC1N. The lowest BCUT2D eigenvalue weighted by Gasteiger charge is -2.36. The van der Waals surface area contributed by atoms with Crippen LogP contribution in [0.3, 0.4) is 0 Å². The Morgan fingerprint density at radius 2 is 2.33 bits per heavy atom. The number of nitrogens with one attached hydrogen (secondary N) is 1. The summed E-state index contributed by atoms with van der Waals surface area (Å²) in [7, 11) is 1.68. The topological polar surface area (TPSA) is 58.4 Å². The van der Waals surface area contributed by atoms with E-state index in [1.54, 1.807) is 7.05 Å². The smallest absolute Gasteiger partial charge is 0.221 e. The number of nitrogens with zero attached hydrogens (tertiary/aromatic N) is 1. The molecule has 3 N–H and O–H groups in total. The second kappa shape index (κ2) is 6.08. The predicted octanol–water partition coefficient (Wildman–Crippen LogP) is 0.182. The molecule has 1 heterocycles. The molecular weight excluding hydrogens is 190 g/mol. The maximum absolute atomic E-state index is 11.1. The van der Waals surface area contributed by atoms with E-state index in [2.05, 4.69) is 17.1 Å². The second-order valence-electron chi connectivity index (χ2n) is 4.34. The van der Waals surface area contributed by atoms with Crippen molar-refractivity contribution in [2.24, 2.45) is 11.7 Å². The fourth-order valence-electron chi connectivity index (χ4n) is 2.15. The minimum absolute atomic E-state index is 0.123. The molecule has 0 aliphatic carbocycles. The van der Waals surface area contributed by atoms with Crippen molar-refractivity contribution in [3.63, 3.8) is 0 Å². The maximum Gasteiger partial charge on any atom is 0.221 e. The Labute approximate surface area is 92.2 Å². The van der Waals surface area contributed by atoms with Crippen LogP contribution in [0.2, 0.25) is 0 Å². The van der Waals surface area contributed by atoms with E-state index in [-0.39, 0.29) is 5.91 Å². The van der Waals surface area contributed by atoms with Crippen molar-refractivity contribution < 1.29 is 4.79 Å². The van der Waals surface area contributed by atoms with E-state index in [1.165, 1.54) is 0 Å². The summed E-state index contributed by atoms with van der Waals surface area (Å²) >= 11 is 0. The lowest BCUT2D eigenvalue weighted by molar-refractivity contribution is -0.121. The van der Waals surface area contributed by atoms with Gasteiger partial charge in [0, 0.05) is 32.6 Å². The zero-order valence-electron chi connectivity index (χ0n) is 9.83. The van der Waals surface area contributed by atoms with Crippen molar-refractivity contribution in [1.82, 2.24) is 10.2 Å². The number of piperidine rings is 1. The quantitative estimate of drug-likeness (QED) is 0.700. The molecule has 0 aromatic rings. The molecule has 4 heteroatoms. The molecule has 0 bridgehead atoms. The monoisotopic (exact) mass is 213 g/mol. The normalized spacial score (nSPS) is 27.7. The highest BCUT2D eigenvalue weighted by Gasteiger charge is 2.24. The van der Waals surface area contributed by atoms with Crippen LogP contribution in [0, 0.1) is 5.92 Å². The van der Waals surface area contributed by atoms with Gasteiger partial charge < -0.3 is 16.0 Å². The lowest BCUT2D eigenvalue weighted by Crippen LogP contribution is -2.47. The number of hydrogen-bond acceptors (Lipinski definition) is 3. The zero-order valence-corrected chi connectivity index (χ0v) is 9.83. The van der Waals surface area contributed by atoms with Crippen LogP contribution in [0.4, 0.5) is 0 Å². The first-order valence-corrected chi connectivity index (χ1v) is 5.85. The molecule has 0 saturated carbocycles. The molecule has 1 aliphatic rings. The van der Waals surface area contributed by atoms with Gasteiger partial charge in [-0.05, 0) is 18.9 Å². The first-order valence-electron chi connectivity index (χ1n) is 5.85. The van der Waals surface area contributed by atoms with Crippen LogP contribution in [0.1, 0.15) is 26.2 Å². The first-order chi connectivity index (χ1) is 7.17. The highest BCUT2D eigenvalue weighted by Crippen LogP contribution is 2.18. The van der Waals surface area contributed by atoms with Crippen molar-refractivity contribution in [2.75, 3.05) is 26.7 Å². The highest BCUT2D eigenvalue weighted by molar-refractivity contribution is 5.75. The van der Waals surface area contributed by atoms with Crippen LogP contribution in [-0.2, 0) is 4.79 Å². The van der Waals surface area contributed by atoms with Crippen molar-refractivity contribution in [2.45, 2.75) is 32.2 Å². The third-order valence-electron chi connectivity index (χ3n) is 3.34. The van der Waals surface area contributed by atoms with Gasteiger partial charge in [0.25, 0.3) is 0 Å². The van der Waals surface area contributed by atoms with Crippen molar-refractivity contribution in [3.8, 4) is 0 Å². The zero-order chi connectivity index (χ0) is 11.3. The van der Waals surface area contributed by atoms with Gasteiger partial charge in [-0.2, -0.15) is 0 Å². The number of carbonyl (C=O) groups excluding carboxylic acids is 1. The number of nitrogens with two attached hydrogens (primary N) is 1. The first kappa shape index (κ1) is 12.5. The van der Waals surface area contributed by atoms with E-state index >= 15 is 0 Å². The summed E-state index contributed by atoms with van der Waals surface area (Å²) in [6.07, 6.45) is 2.80. The van der Waals surface area contributed by atoms with Crippen molar-refractivity contribution in [3.05, 3.63) is 0 Å². The Morgan fingerprint density at radius 3 is 2.93 bits per heavy atom. The average Bonchev–Trinajstić information content (AvgIpc) is 2.27. The summed E-state index contributed by atoms with van der Waals surface area (Å²) in [5.41, 5.74) is 6.03. The Balaban J connectivity index is 2.29. The fraction of sp³-hybridized carbons (Fsp3) is 0.909. The molecule has 0 aromatic carbocycles. The van der Waals surface area contributed by atoms with Gasteiger partial charge in [-0.1, -0.05) is 13.3 Å². The van der Waals surface area contributed by atoms with E-state index < -0.39 is 0 Å². The van der Waals surface area contributed by atoms with E-state index in [0.29, 0.717) is 18.4 Å². The molecule has 0 aromatic heterocycles. The van der Waals surface area contributed by atoms with Gasteiger partial charge in [-0.15, -0.1) is 0 Å². The third kappa shape index (κ3) is 3.80. The summed E-state index contributed by atoms with van der Waals surface area (Å²) in [4.78, 5) is 13.5. The lowest BCUT2D eigenvalue weighted by atomic mass is 9.90. The molecule has 1 fully saturated rings. The van der Waals surface area contributed by atoms with E-state index in [0.717, 1.165) is 32.5 Å². The minimum atomic E-state index is 0.123. The van der Waals surface area contributed by atoms with Gasteiger partial charge >= 0.3 is 0 Å². The van der Waals surface area contributed by atoms with Gasteiger partial charge in [-0.25, -0.2) is 0 Å². The Kier molecular flexibility index (Phi) is 5.05. The number of carbonyl (C=O) groups is 1. The van der Waals surface area contributed by atoms with E-state index in [9.17, 15) is 4.79 Å². The summed E-state index contributed by atoms with van der Waals surface area (Å²) in [5.74, 6) is 0.723. The minimum Gasteiger partial charge on any atom is -0.359 e. The molecule has 0 radical (unpaired) electrons. The van der Waals surface area contributed by atoms with Crippen LogP contribution in [-0.4, -0.2) is 43.5 Å². The summed E-state index contributed by atoms with van der Waals surface area (Å²) in [6.45, 7) is 5.14. The molecule has 15 heavy (non-hydrogen) atoms. The van der Waals surface area contributed by atoms with Crippen molar-refractivity contribution in [1.29, 1.82) is 0 Å². The Bertz CT molecular complexity index is 208. The molecule has 2 unspecified atom stereocenters. The second-order valence-corrected chi connectivity index (χ2v) is 4.34. The van der Waals surface area contributed by atoms with Gasteiger partial charge in [-0.3, -0.25) is 4.79 Å². The van der Waals surface area contributed by atoms with Gasteiger partial charge in [0.05, 0.1) is 0 Å². The van der Waals surface area contributed by atoms with Gasteiger partial charge in [0.1, 0.15) is 0 Å². The standard InChI is InChI=1S/C11H23N3O/c1-3-9-8-14(6-4-10(9)12)7-5-11(15)13-2/h9-10H,3-8,12H2,1-2H3,(H,13,15). The number of hydrogen-bond donors (Lipinski definition) is 2. The van der Waals surface area contributed by atoms with Gasteiger partial charge in [0.2, 0.25) is 5.91 Å².